The van der Waals surface area contributed by atoms with Crippen molar-refractivity contribution in [2.45, 2.75) is 26.8 Å². The number of hydrogen-bond acceptors (Lipinski definition) is 4. The molecule has 1 amide bonds. The highest BCUT2D eigenvalue weighted by molar-refractivity contribution is 5.95. The molecule has 0 aliphatic heterocycles. The van der Waals surface area contributed by atoms with Crippen LogP contribution in [-0.2, 0) is 9.53 Å². The summed E-state index contributed by atoms with van der Waals surface area (Å²) in [7, 11) is 1.92. The largest absolute Gasteiger partial charge is 0.399 e. The molecule has 1 unspecified atom stereocenters. The van der Waals surface area contributed by atoms with Crippen molar-refractivity contribution in [2.75, 3.05) is 37.9 Å². The lowest BCUT2D eigenvalue weighted by molar-refractivity contribution is -0.120. The van der Waals surface area contributed by atoms with Crippen molar-refractivity contribution in [3.05, 3.63) is 23.8 Å². The molecule has 112 valence electrons. The van der Waals surface area contributed by atoms with Gasteiger partial charge in [-0.2, -0.15) is 0 Å². The van der Waals surface area contributed by atoms with E-state index in [4.69, 9.17) is 10.5 Å². The van der Waals surface area contributed by atoms with Crippen LogP contribution in [0.25, 0.3) is 0 Å². The lowest BCUT2D eigenvalue weighted by Gasteiger charge is -2.24. The van der Waals surface area contributed by atoms with Crippen molar-refractivity contribution < 1.29 is 9.53 Å². The number of nitrogens with two attached hydrogens (primary N) is 1. The molecule has 5 heteroatoms. The summed E-state index contributed by atoms with van der Waals surface area (Å²) in [5.74, 6) is -0.0307. The van der Waals surface area contributed by atoms with Gasteiger partial charge in [0, 0.05) is 24.5 Å². The summed E-state index contributed by atoms with van der Waals surface area (Å²) in [6.45, 7) is 7.82. The minimum absolute atomic E-state index is 0.0307. The van der Waals surface area contributed by atoms with Crippen LogP contribution in [0.2, 0.25) is 0 Å². The maximum absolute atomic E-state index is 12.2. The predicted octanol–water partition coefficient (Wildman–Crippen LogP) is 1.87. The van der Waals surface area contributed by atoms with Gasteiger partial charge in [0.2, 0.25) is 5.91 Å². The molecule has 0 saturated carbocycles. The molecule has 20 heavy (non-hydrogen) atoms. The van der Waals surface area contributed by atoms with E-state index in [0.717, 1.165) is 17.8 Å². The molecule has 1 atom stereocenters. The zero-order valence-electron chi connectivity index (χ0n) is 12.8. The molecule has 0 heterocycles. The van der Waals surface area contributed by atoms with Gasteiger partial charge in [-0.15, -0.1) is 0 Å². The smallest absolute Gasteiger partial charge is 0.241 e. The Labute approximate surface area is 121 Å². The Bertz CT molecular complexity index is 449. The van der Waals surface area contributed by atoms with Gasteiger partial charge < -0.3 is 15.8 Å². The quantitative estimate of drug-likeness (QED) is 0.590. The number of nitrogen functional groups attached to an aromatic ring is 1. The van der Waals surface area contributed by atoms with Gasteiger partial charge in [0.05, 0.1) is 12.6 Å². The van der Waals surface area contributed by atoms with Crippen LogP contribution in [-0.4, -0.2) is 43.7 Å². The maximum Gasteiger partial charge on any atom is 0.241 e. The second-order valence-electron chi connectivity index (χ2n) is 4.92. The Morgan fingerprint density at radius 1 is 1.50 bits per heavy atom. The van der Waals surface area contributed by atoms with E-state index in [-0.39, 0.29) is 11.9 Å². The van der Waals surface area contributed by atoms with Crippen molar-refractivity contribution in [1.29, 1.82) is 0 Å². The van der Waals surface area contributed by atoms with Crippen molar-refractivity contribution in [3.8, 4) is 0 Å². The number of nitrogens with one attached hydrogen (secondary N) is 1. The molecule has 1 aromatic carbocycles. The van der Waals surface area contributed by atoms with Crippen LogP contribution in [0.3, 0.4) is 0 Å². The number of hydrogen-bond donors (Lipinski definition) is 2. The standard InChI is InChI=1S/C15H25N3O2/c1-5-20-9-8-18(4)12(3)15(19)17-14-7-6-13(16)10-11(14)2/h6-7,10,12H,5,8-9,16H2,1-4H3,(H,17,19). The van der Waals surface area contributed by atoms with Gasteiger partial charge >= 0.3 is 0 Å². The second kappa shape index (κ2) is 7.87. The number of aryl methyl sites for hydroxylation is 1. The van der Waals surface area contributed by atoms with E-state index in [0.29, 0.717) is 18.9 Å². The van der Waals surface area contributed by atoms with E-state index in [1.165, 1.54) is 0 Å². The molecule has 0 aromatic heterocycles. The van der Waals surface area contributed by atoms with Crippen LogP contribution in [0.4, 0.5) is 11.4 Å². The first-order chi connectivity index (χ1) is 9.45. The molecule has 0 bridgehead atoms. The molecule has 0 spiro atoms. The molecular formula is C15H25N3O2. The predicted molar refractivity (Wildman–Crippen MR) is 82.8 cm³/mol. The average Bonchev–Trinajstić information content (AvgIpc) is 2.41. The fourth-order valence-corrected chi connectivity index (χ4v) is 1.81. The first kappa shape index (κ1) is 16.5. The number of amides is 1. The third kappa shape index (κ3) is 4.83. The normalized spacial score (nSPS) is 12.4. The van der Waals surface area contributed by atoms with Crippen LogP contribution in [0, 0.1) is 6.92 Å². The number of anilines is 2. The van der Waals surface area contributed by atoms with Gasteiger partial charge in [0.15, 0.2) is 0 Å². The van der Waals surface area contributed by atoms with Crippen LogP contribution in [0.5, 0.6) is 0 Å². The summed E-state index contributed by atoms with van der Waals surface area (Å²) in [5, 5.41) is 2.93. The number of carbonyl (C=O) groups excluding carboxylic acids is 1. The number of benzene rings is 1. The molecule has 1 rings (SSSR count). The van der Waals surface area contributed by atoms with Gasteiger partial charge in [0.25, 0.3) is 0 Å². The number of ether oxygens (including phenoxy) is 1. The summed E-state index contributed by atoms with van der Waals surface area (Å²) >= 11 is 0. The van der Waals surface area contributed by atoms with Crippen molar-refractivity contribution in [3.63, 3.8) is 0 Å². The summed E-state index contributed by atoms with van der Waals surface area (Å²) in [6, 6.07) is 5.24. The monoisotopic (exact) mass is 279 g/mol. The molecule has 0 aliphatic carbocycles. The van der Waals surface area contributed by atoms with E-state index < -0.39 is 0 Å². The highest BCUT2D eigenvalue weighted by Gasteiger charge is 2.18. The summed E-state index contributed by atoms with van der Waals surface area (Å²) in [6.07, 6.45) is 0. The van der Waals surface area contributed by atoms with Crippen LogP contribution in [0.15, 0.2) is 18.2 Å². The lowest BCUT2D eigenvalue weighted by atomic mass is 10.1. The van der Waals surface area contributed by atoms with Crippen molar-refractivity contribution in [1.82, 2.24) is 4.90 Å². The number of rotatable bonds is 7. The van der Waals surface area contributed by atoms with Gasteiger partial charge in [-0.3, -0.25) is 9.69 Å². The van der Waals surface area contributed by atoms with Crippen molar-refractivity contribution >= 4 is 17.3 Å². The number of nitrogens with zero attached hydrogens (tertiary/aromatic N) is 1. The lowest BCUT2D eigenvalue weighted by Crippen LogP contribution is -2.41. The Kier molecular flexibility index (Phi) is 6.48. The summed E-state index contributed by atoms with van der Waals surface area (Å²) in [5.41, 5.74) is 8.16. The molecule has 0 fully saturated rings. The molecule has 5 nitrogen and oxygen atoms in total. The molecule has 0 saturated heterocycles. The SMILES string of the molecule is CCOCCN(C)C(C)C(=O)Nc1ccc(N)cc1C. The molecule has 3 N–H and O–H groups in total. The molecular weight excluding hydrogens is 254 g/mol. The Morgan fingerprint density at radius 3 is 2.80 bits per heavy atom. The zero-order chi connectivity index (χ0) is 15.1. The van der Waals surface area contributed by atoms with E-state index in [1.807, 2.05) is 44.9 Å². The van der Waals surface area contributed by atoms with Gasteiger partial charge in [0.1, 0.15) is 0 Å². The first-order valence-electron chi connectivity index (χ1n) is 6.90. The molecule has 0 aliphatic rings. The third-order valence-corrected chi connectivity index (χ3v) is 3.34. The Morgan fingerprint density at radius 2 is 2.20 bits per heavy atom. The van der Waals surface area contributed by atoms with Gasteiger partial charge in [-0.25, -0.2) is 0 Å². The Balaban J connectivity index is 2.56. The molecule has 1 aromatic rings. The second-order valence-corrected chi connectivity index (χ2v) is 4.92. The van der Waals surface area contributed by atoms with Crippen molar-refractivity contribution in [2.24, 2.45) is 0 Å². The fourth-order valence-electron chi connectivity index (χ4n) is 1.81. The maximum atomic E-state index is 12.2. The van der Waals surface area contributed by atoms with Gasteiger partial charge in [-0.1, -0.05) is 0 Å². The van der Waals surface area contributed by atoms with E-state index in [9.17, 15) is 4.79 Å². The number of carbonyl (C=O) groups is 1. The minimum Gasteiger partial charge on any atom is -0.399 e. The van der Waals surface area contributed by atoms with Gasteiger partial charge in [-0.05, 0) is 51.6 Å². The third-order valence-electron chi connectivity index (χ3n) is 3.34. The van der Waals surface area contributed by atoms with Crippen LogP contribution < -0.4 is 11.1 Å². The zero-order valence-corrected chi connectivity index (χ0v) is 12.8. The van der Waals surface area contributed by atoms with Crippen LogP contribution in [0.1, 0.15) is 19.4 Å². The highest BCUT2D eigenvalue weighted by Crippen LogP contribution is 2.18. The summed E-state index contributed by atoms with van der Waals surface area (Å²) < 4.78 is 5.30. The van der Waals surface area contributed by atoms with E-state index >= 15 is 0 Å². The fraction of sp³-hybridized carbons (Fsp3) is 0.533. The van der Waals surface area contributed by atoms with E-state index in [2.05, 4.69) is 5.32 Å². The first-order valence-corrected chi connectivity index (χ1v) is 6.90. The topological polar surface area (TPSA) is 67.6 Å². The molecule has 0 radical (unpaired) electrons. The Hall–Kier alpha value is -1.59. The van der Waals surface area contributed by atoms with Crippen LogP contribution >= 0.6 is 0 Å². The highest BCUT2D eigenvalue weighted by atomic mass is 16.5. The average molecular weight is 279 g/mol. The van der Waals surface area contributed by atoms with E-state index in [1.54, 1.807) is 6.07 Å². The minimum atomic E-state index is -0.215. The summed E-state index contributed by atoms with van der Waals surface area (Å²) in [4.78, 5) is 14.2. The number of likely N-dealkylation sites (N-methyl/N-ethyl adjacent to an activating group) is 1.